The van der Waals surface area contributed by atoms with Crippen LogP contribution in [0.4, 0.5) is 0 Å². The van der Waals surface area contributed by atoms with Gasteiger partial charge in [-0.2, -0.15) is 0 Å². The minimum Gasteiger partial charge on any atom is -0.480 e. The maximum Gasteiger partial charge on any atom is 0.327 e. The average Bonchev–Trinajstić information content (AvgIpc) is 3.19. The molecule has 1 aromatic rings. The number of carbonyl (C=O) groups excluding carboxylic acids is 1. The van der Waals surface area contributed by atoms with Crippen molar-refractivity contribution in [1.82, 2.24) is 4.90 Å². The van der Waals surface area contributed by atoms with Crippen molar-refractivity contribution in [2.24, 2.45) is 5.92 Å². The van der Waals surface area contributed by atoms with Crippen LogP contribution in [0.2, 0.25) is 5.02 Å². The Hall–Kier alpha value is -0.720. The molecule has 1 aliphatic carbocycles. The van der Waals surface area contributed by atoms with Crippen LogP contribution in [0, 0.1) is 5.92 Å². The highest BCUT2D eigenvalue weighted by Crippen LogP contribution is 2.46. The fourth-order valence-electron chi connectivity index (χ4n) is 2.53. The lowest BCUT2D eigenvalue weighted by Gasteiger charge is -2.27. The SMILES string of the molecule is O=C(O)C1CSC(C2CC2)N1C(=O)c1cccc(Br)c1Cl. The molecule has 2 atom stereocenters. The van der Waals surface area contributed by atoms with Crippen LogP contribution < -0.4 is 0 Å². The first kappa shape index (κ1) is 15.2. The Morgan fingerprint density at radius 1 is 1.38 bits per heavy atom. The first-order chi connectivity index (χ1) is 10.0. The smallest absolute Gasteiger partial charge is 0.327 e. The number of benzene rings is 1. The van der Waals surface area contributed by atoms with E-state index in [4.69, 9.17) is 11.6 Å². The number of rotatable bonds is 3. The predicted molar refractivity (Wildman–Crippen MR) is 85.7 cm³/mol. The third-order valence-electron chi connectivity index (χ3n) is 3.76. The zero-order valence-corrected chi connectivity index (χ0v) is 14.1. The van der Waals surface area contributed by atoms with Crippen molar-refractivity contribution in [2.75, 3.05) is 5.75 Å². The standard InChI is InChI=1S/C14H13BrClNO3S/c15-9-3-1-2-8(11(9)16)12(18)17-10(14(19)20)6-21-13(17)7-4-5-7/h1-3,7,10,13H,4-6H2,(H,19,20). The van der Waals surface area contributed by atoms with Crippen LogP contribution in [0.3, 0.4) is 0 Å². The van der Waals surface area contributed by atoms with Gasteiger partial charge in [0.15, 0.2) is 0 Å². The molecule has 2 fully saturated rings. The minimum absolute atomic E-state index is 0.0475. The molecule has 1 saturated heterocycles. The van der Waals surface area contributed by atoms with Crippen molar-refractivity contribution in [3.05, 3.63) is 33.3 Å². The number of carboxylic acids is 1. The van der Waals surface area contributed by atoms with Gasteiger partial charge in [-0.3, -0.25) is 4.79 Å². The van der Waals surface area contributed by atoms with E-state index >= 15 is 0 Å². The van der Waals surface area contributed by atoms with Crippen LogP contribution >= 0.6 is 39.3 Å². The fraction of sp³-hybridized carbons (Fsp3) is 0.429. The molecule has 1 aromatic carbocycles. The van der Waals surface area contributed by atoms with E-state index in [9.17, 15) is 14.7 Å². The maximum absolute atomic E-state index is 12.8. The normalized spacial score (nSPS) is 25.1. The molecular formula is C14H13BrClNO3S. The van der Waals surface area contributed by atoms with Gasteiger partial charge in [-0.15, -0.1) is 11.8 Å². The second-order valence-corrected chi connectivity index (χ2v) is 7.61. The zero-order valence-electron chi connectivity index (χ0n) is 11.0. The average molecular weight is 391 g/mol. The van der Waals surface area contributed by atoms with E-state index < -0.39 is 12.0 Å². The summed E-state index contributed by atoms with van der Waals surface area (Å²) < 4.78 is 0.636. The van der Waals surface area contributed by atoms with E-state index in [2.05, 4.69) is 15.9 Å². The molecule has 1 amide bonds. The van der Waals surface area contributed by atoms with Crippen molar-refractivity contribution >= 4 is 51.2 Å². The summed E-state index contributed by atoms with van der Waals surface area (Å²) in [6.07, 6.45) is 2.11. The third-order valence-corrected chi connectivity index (χ3v) is 6.52. The Labute approximate surface area is 140 Å². The zero-order chi connectivity index (χ0) is 15.1. The number of carbonyl (C=O) groups is 2. The van der Waals surface area contributed by atoms with Crippen LogP contribution in [0.1, 0.15) is 23.2 Å². The Morgan fingerprint density at radius 2 is 2.10 bits per heavy atom. The minimum atomic E-state index is -0.954. The lowest BCUT2D eigenvalue weighted by Crippen LogP contribution is -2.46. The lowest BCUT2D eigenvalue weighted by atomic mass is 10.1. The summed E-state index contributed by atoms with van der Waals surface area (Å²) in [6, 6.07) is 4.35. The van der Waals surface area contributed by atoms with Crippen molar-refractivity contribution < 1.29 is 14.7 Å². The second-order valence-electron chi connectivity index (χ2n) is 5.23. The van der Waals surface area contributed by atoms with Crippen molar-refractivity contribution in [1.29, 1.82) is 0 Å². The maximum atomic E-state index is 12.8. The molecule has 2 unspecified atom stereocenters. The molecule has 1 heterocycles. The van der Waals surface area contributed by atoms with Gasteiger partial charge in [-0.25, -0.2) is 4.79 Å². The quantitative estimate of drug-likeness (QED) is 0.858. The van der Waals surface area contributed by atoms with Crippen LogP contribution in [0.25, 0.3) is 0 Å². The number of amides is 1. The van der Waals surface area contributed by atoms with Crippen molar-refractivity contribution in [3.8, 4) is 0 Å². The van der Waals surface area contributed by atoms with Gasteiger partial charge in [-0.1, -0.05) is 17.7 Å². The van der Waals surface area contributed by atoms with E-state index in [0.29, 0.717) is 26.7 Å². The topological polar surface area (TPSA) is 57.6 Å². The number of nitrogens with zero attached hydrogens (tertiary/aromatic N) is 1. The van der Waals surface area contributed by atoms with Gasteiger partial charge in [0.2, 0.25) is 0 Å². The van der Waals surface area contributed by atoms with Crippen molar-refractivity contribution in [3.63, 3.8) is 0 Å². The highest BCUT2D eigenvalue weighted by Gasteiger charge is 2.48. The number of carboxylic acid groups (broad SMARTS) is 1. The van der Waals surface area contributed by atoms with Gasteiger partial charge in [0.25, 0.3) is 5.91 Å². The lowest BCUT2D eigenvalue weighted by molar-refractivity contribution is -0.141. The largest absolute Gasteiger partial charge is 0.480 e. The molecule has 7 heteroatoms. The molecule has 0 radical (unpaired) electrons. The summed E-state index contributed by atoms with van der Waals surface area (Å²) in [4.78, 5) is 25.8. The fourth-order valence-corrected chi connectivity index (χ4v) is 4.73. The van der Waals surface area contributed by atoms with E-state index in [1.165, 1.54) is 4.90 Å². The Morgan fingerprint density at radius 3 is 2.71 bits per heavy atom. The molecule has 21 heavy (non-hydrogen) atoms. The molecule has 112 valence electrons. The van der Waals surface area contributed by atoms with Gasteiger partial charge in [0, 0.05) is 10.2 Å². The molecule has 3 rings (SSSR count). The second kappa shape index (κ2) is 5.82. The first-order valence-corrected chi connectivity index (χ1v) is 8.83. The molecule has 2 aliphatic rings. The Kier molecular flexibility index (Phi) is 4.21. The van der Waals surface area contributed by atoms with Crippen LogP contribution in [-0.4, -0.2) is 39.1 Å². The summed E-state index contributed by atoms with van der Waals surface area (Å²) in [5.41, 5.74) is 0.352. The predicted octanol–water partition coefficient (Wildman–Crippen LogP) is 3.48. The number of halogens is 2. The summed E-state index contributed by atoms with van der Waals surface area (Å²) in [6.45, 7) is 0. The molecular weight excluding hydrogens is 378 g/mol. The van der Waals surface area contributed by atoms with Crippen molar-refractivity contribution in [2.45, 2.75) is 24.3 Å². The first-order valence-electron chi connectivity index (χ1n) is 6.61. The van der Waals surface area contributed by atoms with E-state index in [-0.39, 0.29) is 11.3 Å². The summed E-state index contributed by atoms with van der Waals surface area (Å²) in [5, 5.41) is 9.66. The Balaban J connectivity index is 1.96. The monoisotopic (exact) mass is 389 g/mol. The van der Waals surface area contributed by atoms with Crippen LogP contribution in [0.5, 0.6) is 0 Å². The molecule has 0 aromatic heterocycles. The summed E-state index contributed by atoms with van der Waals surface area (Å²) in [7, 11) is 0. The van der Waals surface area contributed by atoms with Gasteiger partial charge >= 0.3 is 5.97 Å². The molecule has 1 aliphatic heterocycles. The number of thioether (sulfide) groups is 1. The van der Waals surface area contributed by atoms with Gasteiger partial charge in [-0.05, 0) is 46.8 Å². The molecule has 1 saturated carbocycles. The number of hydrogen-bond acceptors (Lipinski definition) is 3. The Bertz CT molecular complexity index is 608. The van der Waals surface area contributed by atoms with Crippen LogP contribution in [-0.2, 0) is 4.79 Å². The molecule has 4 nitrogen and oxygen atoms in total. The number of hydrogen-bond donors (Lipinski definition) is 1. The van der Waals surface area contributed by atoms with E-state index in [1.54, 1.807) is 30.0 Å². The van der Waals surface area contributed by atoms with Gasteiger partial charge < -0.3 is 10.0 Å². The van der Waals surface area contributed by atoms with E-state index in [1.807, 2.05) is 0 Å². The highest BCUT2D eigenvalue weighted by atomic mass is 79.9. The van der Waals surface area contributed by atoms with Gasteiger partial charge in [0.1, 0.15) is 6.04 Å². The van der Waals surface area contributed by atoms with E-state index in [0.717, 1.165) is 12.8 Å². The number of aliphatic carboxylic acids is 1. The summed E-state index contributed by atoms with van der Waals surface area (Å²) in [5.74, 6) is -0.400. The molecule has 1 N–H and O–H groups in total. The summed E-state index contributed by atoms with van der Waals surface area (Å²) >= 11 is 11.0. The van der Waals surface area contributed by atoms with Crippen LogP contribution in [0.15, 0.2) is 22.7 Å². The third kappa shape index (κ3) is 2.81. The highest BCUT2D eigenvalue weighted by molar-refractivity contribution is 9.10. The molecule has 0 bridgehead atoms. The molecule has 0 spiro atoms. The van der Waals surface area contributed by atoms with Gasteiger partial charge in [0.05, 0.1) is 16.0 Å².